The number of aromatic nitrogens is 2. The highest BCUT2D eigenvalue weighted by Gasteiger charge is 2.33. The van der Waals surface area contributed by atoms with Gasteiger partial charge in [0.05, 0.1) is 26.4 Å². The molecule has 1 aromatic heterocycles. The number of halogens is 1. The second-order valence-electron chi connectivity index (χ2n) is 7.33. The molecule has 0 amide bonds. The van der Waals surface area contributed by atoms with Crippen molar-refractivity contribution >= 4 is 16.0 Å². The summed E-state index contributed by atoms with van der Waals surface area (Å²) in [6.07, 6.45) is 2.21. The largest absolute Gasteiger partial charge is 0.497 e. The molecule has 0 fully saturated rings. The minimum Gasteiger partial charge on any atom is -0.497 e. The number of rotatable bonds is 6. The average Bonchev–Trinajstić information content (AvgIpc) is 2.78. The number of anilines is 1. The van der Waals surface area contributed by atoms with Crippen LogP contribution in [0.3, 0.4) is 0 Å². The molecule has 10 heteroatoms. The van der Waals surface area contributed by atoms with Gasteiger partial charge in [-0.25, -0.2) is 27.1 Å². The summed E-state index contributed by atoms with van der Waals surface area (Å²) in [5.41, 5.74) is 1.69. The lowest BCUT2D eigenvalue weighted by Gasteiger charge is -2.26. The Morgan fingerprint density at radius 1 is 1.25 bits per heavy atom. The number of aliphatic hydroxyl groups excluding tert-OH is 1. The second kappa shape index (κ2) is 8.71. The zero-order valence-electron chi connectivity index (χ0n) is 17.5. The van der Waals surface area contributed by atoms with Crippen LogP contribution in [-0.4, -0.2) is 37.2 Å². The van der Waals surface area contributed by atoms with Crippen molar-refractivity contribution < 1.29 is 27.4 Å². The van der Waals surface area contributed by atoms with Gasteiger partial charge in [0, 0.05) is 30.4 Å². The highest BCUT2D eigenvalue weighted by molar-refractivity contribution is 7.92. The van der Waals surface area contributed by atoms with Crippen LogP contribution in [0.4, 0.5) is 10.3 Å². The van der Waals surface area contributed by atoms with E-state index in [-0.39, 0.29) is 30.4 Å². The number of fused-ring (bicyclic) bond motifs is 1. The molecule has 1 N–H and O–H groups in total. The Balaban J connectivity index is 1.81. The zero-order valence-corrected chi connectivity index (χ0v) is 18.3. The first-order chi connectivity index (χ1) is 15.3. The maximum absolute atomic E-state index is 15.0. The number of ether oxygens (including phenoxy) is 2. The molecule has 1 aliphatic rings. The fourth-order valence-electron chi connectivity index (χ4n) is 3.50. The SMILES string of the molecule is COc1ccc(CN(c2ncccn2)S(=O)(=O)c2cc3c(cc2F)[C@H](O)CCO3)c(C)c1. The fraction of sp³-hybridized carbons (Fsp3) is 0.273. The van der Waals surface area contributed by atoms with E-state index in [4.69, 9.17) is 9.47 Å². The zero-order chi connectivity index (χ0) is 22.9. The third kappa shape index (κ3) is 4.11. The van der Waals surface area contributed by atoms with Crippen LogP contribution in [0.1, 0.15) is 29.2 Å². The summed E-state index contributed by atoms with van der Waals surface area (Å²) in [5, 5.41) is 10.1. The molecule has 1 atom stereocenters. The molecule has 0 bridgehead atoms. The summed E-state index contributed by atoms with van der Waals surface area (Å²) in [6, 6.07) is 8.91. The van der Waals surface area contributed by atoms with Crippen molar-refractivity contribution in [3.8, 4) is 11.5 Å². The Labute approximate surface area is 185 Å². The minimum absolute atomic E-state index is 0.0965. The van der Waals surface area contributed by atoms with E-state index in [9.17, 15) is 13.5 Å². The van der Waals surface area contributed by atoms with Gasteiger partial charge in [-0.15, -0.1) is 0 Å². The van der Waals surface area contributed by atoms with E-state index >= 15 is 4.39 Å². The van der Waals surface area contributed by atoms with E-state index < -0.39 is 26.8 Å². The highest BCUT2D eigenvalue weighted by Crippen LogP contribution is 2.37. The lowest BCUT2D eigenvalue weighted by Crippen LogP contribution is -2.33. The molecule has 32 heavy (non-hydrogen) atoms. The van der Waals surface area contributed by atoms with E-state index in [1.54, 1.807) is 31.4 Å². The van der Waals surface area contributed by atoms with Crippen molar-refractivity contribution in [1.29, 1.82) is 0 Å². The Kier molecular flexibility index (Phi) is 5.98. The maximum Gasteiger partial charge on any atom is 0.270 e. The number of methoxy groups -OCH3 is 1. The van der Waals surface area contributed by atoms with Crippen molar-refractivity contribution in [2.45, 2.75) is 30.9 Å². The second-order valence-corrected chi connectivity index (χ2v) is 9.16. The van der Waals surface area contributed by atoms with Crippen LogP contribution in [0.15, 0.2) is 53.7 Å². The smallest absolute Gasteiger partial charge is 0.270 e. The van der Waals surface area contributed by atoms with Gasteiger partial charge in [0.25, 0.3) is 10.0 Å². The number of nitrogens with zero attached hydrogens (tertiary/aromatic N) is 3. The van der Waals surface area contributed by atoms with Crippen LogP contribution in [0, 0.1) is 12.7 Å². The van der Waals surface area contributed by atoms with Gasteiger partial charge in [0.2, 0.25) is 5.95 Å². The minimum atomic E-state index is -4.43. The molecule has 3 aromatic rings. The lowest BCUT2D eigenvalue weighted by molar-refractivity contribution is 0.114. The van der Waals surface area contributed by atoms with Crippen molar-refractivity contribution in [1.82, 2.24) is 9.97 Å². The van der Waals surface area contributed by atoms with Crippen LogP contribution in [0.2, 0.25) is 0 Å². The Bertz CT molecular complexity index is 1240. The summed E-state index contributed by atoms with van der Waals surface area (Å²) in [7, 11) is -2.88. The van der Waals surface area contributed by atoms with Crippen LogP contribution in [0.5, 0.6) is 11.5 Å². The van der Waals surface area contributed by atoms with Gasteiger partial charge < -0.3 is 14.6 Å². The van der Waals surface area contributed by atoms with E-state index in [0.717, 1.165) is 22.0 Å². The summed E-state index contributed by atoms with van der Waals surface area (Å²) in [5.74, 6) is -0.312. The molecule has 2 heterocycles. The summed E-state index contributed by atoms with van der Waals surface area (Å²) >= 11 is 0. The number of sulfonamides is 1. The predicted molar refractivity (Wildman–Crippen MR) is 115 cm³/mol. The Hall–Kier alpha value is -3.24. The molecule has 1 aliphatic heterocycles. The molecular formula is C22H22FN3O5S. The third-order valence-electron chi connectivity index (χ3n) is 5.28. The third-order valence-corrected chi connectivity index (χ3v) is 7.02. The van der Waals surface area contributed by atoms with Gasteiger partial charge in [0.15, 0.2) is 0 Å². The first-order valence-electron chi connectivity index (χ1n) is 9.89. The van der Waals surface area contributed by atoms with Gasteiger partial charge in [-0.2, -0.15) is 0 Å². The molecule has 168 valence electrons. The fourth-order valence-corrected chi connectivity index (χ4v) is 4.92. The van der Waals surface area contributed by atoms with Gasteiger partial charge in [-0.3, -0.25) is 0 Å². The van der Waals surface area contributed by atoms with Crippen LogP contribution < -0.4 is 13.8 Å². The normalized spacial score (nSPS) is 15.6. The monoisotopic (exact) mass is 459 g/mol. The van der Waals surface area contributed by atoms with E-state index in [0.29, 0.717) is 17.7 Å². The average molecular weight is 459 g/mol. The summed E-state index contributed by atoms with van der Waals surface area (Å²) in [6.45, 7) is 1.90. The van der Waals surface area contributed by atoms with Gasteiger partial charge in [0.1, 0.15) is 22.2 Å². The standard InChI is InChI=1S/C22H22FN3O5S/c1-14-10-16(30-2)5-4-15(14)13-26(22-24-7-3-8-25-22)32(28,29)21-12-20-17(11-18(21)23)19(27)6-9-31-20/h3-5,7-8,10-12,19,27H,6,9,13H2,1-2H3/t19-/m1/s1. The van der Waals surface area contributed by atoms with Crippen LogP contribution in [0.25, 0.3) is 0 Å². The molecule has 8 nitrogen and oxygen atoms in total. The first-order valence-corrected chi connectivity index (χ1v) is 11.3. The molecule has 2 aromatic carbocycles. The number of aliphatic hydroxyl groups is 1. The molecule has 0 saturated heterocycles. The number of hydrogen-bond donors (Lipinski definition) is 1. The molecular weight excluding hydrogens is 437 g/mol. The molecule has 0 radical (unpaired) electrons. The van der Waals surface area contributed by atoms with Crippen molar-refractivity contribution in [3.63, 3.8) is 0 Å². The van der Waals surface area contributed by atoms with Crippen LogP contribution in [-0.2, 0) is 16.6 Å². The van der Waals surface area contributed by atoms with Crippen molar-refractivity contribution in [2.24, 2.45) is 0 Å². The number of hydrogen-bond acceptors (Lipinski definition) is 7. The lowest BCUT2D eigenvalue weighted by atomic mass is 10.0. The quantitative estimate of drug-likeness (QED) is 0.604. The summed E-state index contributed by atoms with van der Waals surface area (Å²) < 4.78 is 53.9. The number of benzene rings is 2. The predicted octanol–water partition coefficient (Wildman–Crippen LogP) is 3.14. The highest BCUT2D eigenvalue weighted by atomic mass is 32.2. The topological polar surface area (TPSA) is 102 Å². The molecule has 0 spiro atoms. The molecule has 0 unspecified atom stereocenters. The van der Waals surface area contributed by atoms with Gasteiger partial charge in [-0.1, -0.05) is 6.07 Å². The summed E-state index contributed by atoms with van der Waals surface area (Å²) in [4.78, 5) is 7.57. The van der Waals surface area contributed by atoms with Crippen molar-refractivity contribution in [2.75, 3.05) is 18.0 Å². The molecule has 0 aliphatic carbocycles. The number of aryl methyl sites for hydroxylation is 1. The van der Waals surface area contributed by atoms with Gasteiger partial charge in [-0.05, 0) is 42.3 Å². The van der Waals surface area contributed by atoms with Crippen LogP contribution >= 0.6 is 0 Å². The van der Waals surface area contributed by atoms with E-state index in [2.05, 4.69) is 9.97 Å². The molecule has 4 rings (SSSR count). The maximum atomic E-state index is 15.0. The Morgan fingerprint density at radius 2 is 2.00 bits per heavy atom. The Morgan fingerprint density at radius 3 is 2.69 bits per heavy atom. The van der Waals surface area contributed by atoms with Crippen molar-refractivity contribution in [3.05, 3.63) is 71.3 Å². The first kappa shape index (κ1) is 22.0. The van der Waals surface area contributed by atoms with E-state index in [1.807, 2.05) is 6.92 Å². The molecule has 0 saturated carbocycles. The van der Waals surface area contributed by atoms with E-state index in [1.165, 1.54) is 12.4 Å². The van der Waals surface area contributed by atoms with Gasteiger partial charge >= 0.3 is 0 Å².